The Morgan fingerprint density at radius 1 is 0.718 bits per heavy atom. The van der Waals surface area contributed by atoms with Gasteiger partial charge in [0.15, 0.2) is 29.9 Å². The highest BCUT2D eigenvalue weighted by atomic mass is 16.8. The lowest BCUT2D eigenvalue weighted by Gasteiger charge is -2.47. The quantitative estimate of drug-likeness (QED) is 0.0498. The number of aliphatic hydroxyl groups is 6. The first-order valence-electron chi connectivity index (χ1n) is 36.2. The zero-order valence-electron chi connectivity index (χ0n) is 61.4. The van der Waals surface area contributed by atoms with Crippen LogP contribution >= 0.6 is 0 Å². The lowest BCUT2D eigenvalue weighted by Crippen LogP contribution is -2.64. The Bertz CT molecular complexity index is 4340. The SMILES string of the molecule is C/C=C/c1cc2ccc1Oc1cc3cc(c1O[C@@H]1O[C@H](CO)[C@@H](O)[C@H](O)[C@H]1O[C@H]1C[C@](C)(N)[C@H](O)[C@H](C)O1)Oc1ccc(cc1/C=C/CCCCCC)[C@@H](O)[C@@H]1NC(=O)[C@H](NC(=O)[C@@H]3NC(=O)[C@H](CC(N)=O)NC(=O)[C@H](NC(=O)[C@@H](CC(C)C)NC)[C@@H]2O)c2ccc(O)c(c2)-c2c(O)cc(O)cc2[C@@H](C(=O)O)NC1=O. The summed E-state index contributed by atoms with van der Waals surface area (Å²) in [5, 5.41) is 134. The number of fused-ring (bicyclic) bond motifs is 15. The van der Waals surface area contributed by atoms with Gasteiger partial charge in [0.1, 0.15) is 89.5 Å². The van der Waals surface area contributed by atoms with Crippen LogP contribution in [0.15, 0.2) is 91.0 Å². The molecule has 0 unspecified atom stereocenters. The van der Waals surface area contributed by atoms with Gasteiger partial charge in [-0.25, -0.2) is 4.79 Å². The van der Waals surface area contributed by atoms with Crippen LogP contribution in [-0.4, -0.2) is 191 Å². The number of carbonyl (C=O) groups is 8. The molecule has 0 spiro atoms. The number of rotatable bonds is 20. The van der Waals surface area contributed by atoms with Gasteiger partial charge in [-0.3, -0.25) is 33.6 Å². The van der Waals surface area contributed by atoms with E-state index in [9.17, 15) is 65.4 Å². The second kappa shape index (κ2) is 35.2. The van der Waals surface area contributed by atoms with E-state index in [-0.39, 0.29) is 58.1 Å². The van der Waals surface area contributed by atoms with E-state index in [4.69, 9.17) is 39.9 Å². The fourth-order valence-corrected chi connectivity index (χ4v) is 14.0. The van der Waals surface area contributed by atoms with Gasteiger partial charge in [-0.05, 0) is 130 Å². The van der Waals surface area contributed by atoms with Crippen LogP contribution in [0.5, 0.6) is 46.0 Å². The van der Waals surface area contributed by atoms with Gasteiger partial charge in [-0.2, -0.15) is 0 Å². The number of ether oxygens (including phenoxy) is 6. The van der Waals surface area contributed by atoms with Crippen molar-refractivity contribution in [2.45, 2.75) is 202 Å². The van der Waals surface area contributed by atoms with Gasteiger partial charge in [0.25, 0.3) is 0 Å². The van der Waals surface area contributed by atoms with Crippen molar-refractivity contribution in [3.63, 3.8) is 0 Å². The van der Waals surface area contributed by atoms with E-state index in [1.165, 1.54) is 63.4 Å². The number of nitrogens with two attached hydrogens (primary N) is 2. The number of phenolic OH excluding ortho intramolecular Hbond substituents is 3. The van der Waals surface area contributed by atoms with Gasteiger partial charge in [0.2, 0.25) is 53.4 Å². The van der Waals surface area contributed by atoms with Crippen molar-refractivity contribution in [2.24, 2.45) is 17.4 Å². The summed E-state index contributed by atoms with van der Waals surface area (Å²) in [4.78, 5) is 119. The lowest BCUT2D eigenvalue weighted by molar-refractivity contribution is -0.333. The van der Waals surface area contributed by atoms with Crippen LogP contribution < -0.4 is 62.9 Å². The number of phenols is 3. The van der Waals surface area contributed by atoms with Gasteiger partial charge >= 0.3 is 5.97 Å². The number of aliphatic carboxylic acids is 1. The minimum Gasteiger partial charge on any atom is -0.508 e. The molecule has 5 aromatic rings. The Morgan fingerprint density at radius 3 is 1.97 bits per heavy atom. The smallest absolute Gasteiger partial charge is 0.330 e. The molecule has 0 radical (unpaired) electrons. The van der Waals surface area contributed by atoms with E-state index in [2.05, 4.69) is 37.2 Å². The zero-order valence-corrected chi connectivity index (χ0v) is 61.4. The number of hydrogen-bond donors (Lipinski definition) is 19. The third-order valence-corrected chi connectivity index (χ3v) is 19.8. The average molecular weight is 1530 g/mol. The van der Waals surface area contributed by atoms with E-state index in [1.54, 1.807) is 25.2 Å². The maximum atomic E-state index is 16.3. The number of carboxylic acids is 1. The van der Waals surface area contributed by atoms with Gasteiger partial charge in [-0.15, -0.1) is 0 Å². The van der Waals surface area contributed by atoms with Crippen molar-refractivity contribution < 1.29 is 118 Å². The highest BCUT2D eigenvalue weighted by molar-refractivity contribution is 6.00. The molecule has 110 heavy (non-hydrogen) atoms. The van der Waals surface area contributed by atoms with Crippen LogP contribution in [0.2, 0.25) is 0 Å². The van der Waals surface area contributed by atoms with E-state index in [1.807, 2.05) is 20.8 Å². The Morgan fingerprint density at radius 2 is 1.35 bits per heavy atom. The number of primary amides is 1. The molecule has 7 heterocycles. The number of carboxylic acid groups (broad SMARTS) is 1. The van der Waals surface area contributed by atoms with Gasteiger partial charge < -0.3 is 128 Å². The van der Waals surface area contributed by atoms with Crippen molar-refractivity contribution in [1.82, 2.24) is 37.2 Å². The topological polar surface area (TPSA) is 530 Å². The second-order valence-corrected chi connectivity index (χ2v) is 28.7. The Hall–Kier alpha value is -10.3. The summed E-state index contributed by atoms with van der Waals surface area (Å²) < 4.78 is 39.7. The molecule has 7 amide bonds. The summed E-state index contributed by atoms with van der Waals surface area (Å²) in [6.07, 6.45) is -8.02. The summed E-state index contributed by atoms with van der Waals surface area (Å²) in [6.45, 7) is 9.46. The average Bonchev–Trinajstić information content (AvgIpc) is 0.777. The normalized spacial score (nSPS) is 28.2. The van der Waals surface area contributed by atoms with E-state index in [0.717, 1.165) is 61.7 Å². The highest BCUT2D eigenvalue weighted by Crippen LogP contribution is 2.49. The molecule has 21 N–H and O–H groups in total. The largest absolute Gasteiger partial charge is 0.508 e. The number of benzene rings is 5. The van der Waals surface area contributed by atoms with Gasteiger partial charge in [-0.1, -0.05) is 82.5 Å². The van der Waals surface area contributed by atoms with Crippen LogP contribution in [0.1, 0.15) is 162 Å². The number of aliphatic hydroxyl groups excluding tert-OH is 6. The number of hydrogen-bond acceptors (Lipinski definition) is 25. The summed E-state index contributed by atoms with van der Waals surface area (Å²) >= 11 is 0. The van der Waals surface area contributed by atoms with Crippen LogP contribution in [-0.2, 0) is 52.6 Å². The summed E-state index contributed by atoms with van der Waals surface area (Å²) in [7, 11) is 1.50. The molecule has 0 saturated carbocycles. The molecule has 5 aromatic carbocycles. The molecule has 2 saturated heterocycles. The molecule has 18 atom stereocenters. The number of carbonyl (C=O) groups excluding carboxylic acids is 7. The second-order valence-electron chi connectivity index (χ2n) is 28.7. The van der Waals surface area contributed by atoms with E-state index < -0.39 is 226 Å². The van der Waals surface area contributed by atoms with Crippen molar-refractivity contribution in [1.29, 1.82) is 0 Å². The number of amides is 7. The number of aromatic hydroxyl groups is 3. The van der Waals surface area contributed by atoms with Crippen LogP contribution in [0.3, 0.4) is 0 Å². The van der Waals surface area contributed by atoms with Crippen molar-refractivity contribution >= 4 is 59.5 Å². The fraction of sp³-hybridized carbons (Fsp3) is 0.455. The van der Waals surface area contributed by atoms with E-state index in [0.29, 0.717) is 12.8 Å². The lowest BCUT2D eigenvalue weighted by atomic mass is 9.86. The molecular formula is C77H95N9O24. The van der Waals surface area contributed by atoms with Gasteiger partial charge in [0.05, 0.1) is 31.3 Å². The first-order valence-corrected chi connectivity index (χ1v) is 36.2. The monoisotopic (exact) mass is 1530 g/mol. The Balaban J connectivity index is 1.29. The van der Waals surface area contributed by atoms with Crippen LogP contribution in [0.25, 0.3) is 23.3 Å². The summed E-state index contributed by atoms with van der Waals surface area (Å²) in [5.41, 5.74) is 8.87. The Labute approximate surface area is 632 Å². The molecule has 0 aliphatic carbocycles. The third kappa shape index (κ3) is 18.4. The minimum atomic E-state index is -2.31. The molecule has 33 heteroatoms. The van der Waals surface area contributed by atoms with Crippen LogP contribution in [0.4, 0.5) is 0 Å². The van der Waals surface area contributed by atoms with Crippen molar-refractivity contribution in [3.05, 3.63) is 130 Å². The highest BCUT2D eigenvalue weighted by Gasteiger charge is 2.52. The molecule has 0 aromatic heterocycles. The first-order chi connectivity index (χ1) is 52.2. The molecule has 592 valence electrons. The first kappa shape index (κ1) is 82.2. The predicted octanol–water partition coefficient (Wildman–Crippen LogP) is 2.82. The van der Waals surface area contributed by atoms with Crippen molar-refractivity contribution in [3.8, 4) is 57.1 Å². The predicted molar refractivity (Wildman–Crippen MR) is 392 cm³/mol. The van der Waals surface area contributed by atoms with Crippen LogP contribution in [0, 0.1) is 5.92 Å². The van der Waals surface area contributed by atoms with Crippen molar-refractivity contribution in [2.75, 3.05) is 13.7 Å². The minimum absolute atomic E-state index is 0.0378. The molecule has 7 aliphatic rings. The number of allylic oxidation sites excluding steroid dienone is 2. The summed E-state index contributed by atoms with van der Waals surface area (Å²) in [6, 6.07) is 1.10. The number of nitrogens with one attached hydrogen (secondary N) is 7. The molecule has 12 rings (SSSR count). The maximum Gasteiger partial charge on any atom is 0.330 e. The molecule has 7 aliphatic heterocycles. The standard InChI is InChI=1S/C77H95N9O24/c1-8-10-11-12-13-14-16-37-25-40-19-22-50(37)107-52-28-41-27-51(66(52)110-76-67(65(95)64(94)53(33-87)108-76)109-55-32-77(6,79)68(96)35(5)105-55)106-49-21-18-39(24-36(49)15-9-2)62(92)60(85-69(97)45(80-7)23-34(3)4)73(101)81-46(31-54(78)91)70(98)82-58(41)72(100)83-57-38-17-20-47(89)43(26-38)56-44(29-42(88)30-48(56)90)59(75(103)104)84-74(102)61(63(40)93)86-71(57)99/h9,14-22,24-30,34-35,45-46,53,55,57-65,67-68,76,80,87-90,92-96H,8,10-13,23,31-33,79H2,1-7H3,(H2,78,91)(H,81,101)(H,82,98)(H,83,100)(H,84,102)(H,85,97)(H,86,99)(H,103,104)/b15-9+,16-14+/t35-,45+,46-,53+,55-,57+,58+,59-,60+,61-,62+,63+,64+,65-,67+,68+,76-,77-/m0/s1. The number of unbranched alkanes of at least 4 members (excludes halogenated alkanes) is 4. The zero-order chi connectivity index (χ0) is 79.9. The molecular weight excluding hydrogens is 1430 g/mol. The fourth-order valence-electron chi connectivity index (χ4n) is 14.0. The maximum absolute atomic E-state index is 16.3. The van der Waals surface area contributed by atoms with E-state index >= 15 is 24.0 Å². The van der Waals surface area contributed by atoms with Gasteiger partial charge in [0, 0.05) is 45.8 Å². The molecule has 33 nitrogen and oxygen atoms in total. The Kier molecular flexibility index (Phi) is 26.3. The number of likely N-dealkylation sites (N-methyl/N-ethyl adjacent to an activating group) is 1. The third-order valence-electron chi connectivity index (χ3n) is 19.8. The molecule has 11 bridgehead atoms. The molecule has 2 fully saturated rings. The summed E-state index contributed by atoms with van der Waals surface area (Å²) in [5.74, 6) is -14.8.